The molecule has 0 unspecified atom stereocenters. The predicted molar refractivity (Wildman–Crippen MR) is 74.3 cm³/mol. The molecule has 3 rings (SSSR count). The number of rotatable bonds is 3. The van der Waals surface area contributed by atoms with E-state index in [0.29, 0.717) is 5.69 Å². The smallest absolute Gasteiger partial charge is 0.115 e. The number of hydrogen-bond donors (Lipinski definition) is 2. The molecule has 0 radical (unpaired) electrons. The van der Waals surface area contributed by atoms with E-state index in [-0.39, 0.29) is 6.61 Å². The van der Waals surface area contributed by atoms with Crippen LogP contribution in [0.2, 0.25) is 0 Å². The molecule has 2 aromatic rings. The van der Waals surface area contributed by atoms with Gasteiger partial charge in [-0.2, -0.15) is 0 Å². The molecular weight excluding hydrogens is 254 g/mol. The Bertz CT molecular complexity index is 571. The number of aromatic nitrogens is 3. The van der Waals surface area contributed by atoms with E-state index in [2.05, 4.69) is 10.3 Å². The van der Waals surface area contributed by atoms with Crippen molar-refractivity contribution in [2.75, 3.05) is 0 Å². The summed E-state index contributed by atoms with van der Waals surface area (Å²) in [7, 11) is 0. The lowest BCUT2D eigenvalue weighted by Gasteiger charge is -2.29. The minimum atomic E-state index is -0.818. The fourth-order valence-corrected chi connectivity index (χ4v) is 2.75. The van der Waals surface area contributed by atoms with Gasteiger partial charge in [0.05, 0.1) is 18.5 Å². The number of benzene rings is 1. The molecule has 5 nitrogen and oxygen atoms in total. The lowest BCUT2D eigenvalue weighted by Crippen LogP contribution is -2.28. The molecular formula is C15H19N3O2. The maximum Gasteiger partial charge on any atom is 0.115 e. The van der Waals surface area contributed by atoms with Gasteiger partial charge in [-0.1, -0.05) is 36.6 Å². The van der Waals surface area contributed by atoms with Crippen LogP contribution in [0.1, 0.15) is 43.4 Å². The maximum absolute atomic E-state index is 10.6. The zero-order valence-electron chi connectivity index (χ0n) is 11.4. The number of hydrogen-bond acceptors (Lipinski definition) is 4. The first-order chi connectivity index (χ1) is 9.71. The second-order valence-electron chi connectivity index (χ2n) is 5.47. The Morgan fingerprint density at radius 2 is 1.80 bits per heavy atom. The van der Waals surface area contributed by atoms with E-state index in [1.165, 1.54) is 6.42 Å². The normalized spacial score (nSPS) is 18.1. The van der Waals surface area contributed by atoms with Crippen LogP contribution in [0, 0.1) is 0 Å². The molecule has 0 atom stereocenters. The predicted octanol–water partition coefficient (Wildman–Crippen LogP) is 1.91. The first kappa shape index (κ1) is 13.3. The fraction of sp³-hybridized carbons (Fsp3) is 0.467. The third-order valence-electron chi connectivity index (χ3n) is 4.03. The van der Waals surface area contributed by atoms with Crippen LogP contribution < -0.4 is 0 Å². The van der Waals surface area contributed by atoms with Crippen molar-refractivity contribution >= 4 is 0 Å². The fourth-order valence-electron chi connectivity index (χ4n) is 2.75. The highest BCUT2D eigenvalue weighted by Crippen LogP contribution is 2.35. The summed E-state index contributed by atoms with van der Waals surface area (Å²) in [4.78, 5) is 0. The van der Waals surface area contributed by atoms with Crippen molar-refractivity contribution in [2.24, 2.45) is 0 Å². The van der Waals surface area contributed by atoms with Gasteiger partial charge in [0, 0.05) is 0 Å². The van der Waals surface area contributed by atoms with Gasteiger partial charge in [-0.25, -0.2) is 4.68 Å². The lowest BCUT2D eigenvalue weighted by molar-refractivity contribution is -0.00472. The van der Waals surface area contributed by atoms with Gasteiger partial charge in [-0.3, -0.25) is 0 Å². The Labute approximate surface area is 117 Å². The van der Waals surface area contributed by atoms with Crippen molar-refractivity contribution < 1.29 is 10.2 Å². The van der Waals surface area contributed by atoms with Crippen LogP contribution in [0.25, 0.3) is 5.69 Å². The van der Waals surface area contributed by atoms with Crippen molar-refractivity contribution in [3.8, 4) is 5.69 Å². The van der Waals surface area contributed by atoms with Crippen LogP contribution >= 0.6 is 0 Å². The molecule has 2 N–H and O–H groups in total. The summed E-state index contributed by atoms with van der Waals surface area (Å²) in [6.07, 6.45) is 6.58. The second kappa shape index (κ2) is 5.34. The SMILES string of the molecule is OCc1ccc(-n2cc(C3(O)CCCCC3)nn2)cc1. The zero-order valence-corrected chi connectivity index (χ0v) is 11.4. The third-order valence-corrected chi connectivity index (χ3v) is 4.03. The van der Waals surface area contributed by atoms with Crippen LogP contribution in [0.5, 0.6) is 0 Å². The van der Waals surface area contributed by atoms with E-state index < -0.39 is 5.60 Å². The molecule has 0 bridgehead atoms. The summed E-state index contributed by atoms with van der Waals surface area (Å²) >= 11 is 0. The molecule has 5 heteroatoms. The number of aliphatic hydroxyl groups is 2. The van der Waals surface area contributed by atoms with Crippen molar-refractivity contribution in [1.82, 2.24) is 15.0 Å². The third kappa shape index (κ3) is 2.46. The summed E-state index contributed by atoms with van der Waals surface area (Å²) in [5, 5.41) is 27.9. The van der Waals surface area contributed by atoms with E-state index >= 15 is 0 Å². The highest BCUT2D eigenvalue weighted by atomic mass is 16.3. The van der Waals surface area contributed by atoms with E-state index in [9.17, 15) is 5.11 Å². The van der Waals surface area contributed by atoms with Crippen molar-refractivity contribution in [3.05, 3.63) is 41.7 Å². The van der Waals surface area contributed by atoms with Gasteiger partial charge >= 0.3 is 0 Å². The molecule has 1 aliphatic rings. The first-order valence-electron chi connectivity index (χ1n) is 7.07. The zero-order chi connectivity index (χ0) is 14.0. The summed E-state index contributed by atoms with van der Waals surface area (Å²) < 4.78 is 1.67. The number of aliphatic hydroxyl groups excluding tert-OH is 1. The van der Waals surface area contributed by atoms with Crippen LogP contribution in [-0.2, 0) is 12.2 Å². The molecule has 0 aliphatic heterocycles. The topological polar surface area (TPSA) is 71.2 Å². The quantitative estimate of drug-likeness (QED) is 0.896. The van der Waals surface area contributed by atoms with Gasteiger partial charge in [-0.05, 0) is 30.5 Å². The monoisotopic (exact) mass is 273 g/mol. The Morgan fingerprint density at radius 3 is 2.45 bits per heavy atom. The van der Waals surface area contributed by atoms with Crippen LogP contribution in [0.3, 0.4) is 0 Å². The Morgan fingerprint density at radius 1 is 1.10 bits per heavy atom. The van der Waals surface area contributed by atoms with Gasteiger partial charge in [0.1, 0.15) is 11.3 Å². The molecule has 1 fully saturated rings. The summed E-state index contributed by atoms with van der Waals surface area (Å²) in [5.74, 6) is 0. The molecule has 1 heterocycles. The largest absolute Gasteiger partial charge is 0.392 e. The van der Waals surface area contributed by atoms with Gasteiger partial charge in [0.15, 0.2) is 0 Å². The molecule has 1 aromatic heterocycles. The lowest BCUT2D eigenvalue weighted by atomic mass is 9.83. The molecule has 1 saturated carbocycles. The summed E-state index contributed by atoms with van der Waals surface area (Å²) in [5.41, 5.74) is 1.57. The van der Waals surface area contributed by atoms with Gasteiger partial charge in [0.25, 0.3) is 0 Å². The second-order valence-corrected chi connectivity index (χ2v) is 5.47. The number of nitrogens with zero attached hydrogens (tertiary/aromatic N) is 3. The van der Waals surface area contributed by atoms with Gasteiger partial charge in [-0.15, -0.1) is 5.10 Å². The maximum atomic E-state index is 10.6. The van der Waals surface area contributed by atoms with E-state index in [4.69, 9.17) is 5.11 Å². The van der Waals surface area contributed by atoms with Gasteiger partial charge < -0.3 is 10.2 Å². The molecule has 1 aliphatic carbocycles. The molecule has 0 amide bonds. The Hall–Kier alpha value is -1.72. The molecule has 106 valence electrons. The van der Waals surface area contributed by atoms with E-state index in [0.717, 1.165) is 36.9 Å². The highest BCUT2D eigenvalue weighted by Gasteiger charge is 2.34. The highest BCUT2D eigenvalue weighted by molar-refractivity contribution is 5.34. The van der Waals surface area contributed by atoms with Crippen molar-refractivity contribution in [3.63, 3.8) is 0 Å². The molecule has 1 aromatic carbocycles. The van der Waals surface area contributed by atoms with Crippen molar-refractivity contribution in [2.45, 2.75) is 44.3 Å². The Kier molecular flexibility index (Phi) is 3.54. The van der Waals surface area contributed by atoms with E-state index in [1.54, 1.807) is 10.9 Å². The summed E-state index contributed by atoms with van der Waals surface area (Å²) in [6, 6.07) is 7.47. The van der Waals surface area contributed by atoms with Gasteiger partial charge in [0.2, 0.25) is 0 Å². The van der Waals surface area contributed by atoms with Crippen LogP contribution in [0.4, 0.5) is 0 Å². The molecule has 0 spiro atoms. The Balaban J connectivity index is 1.85. The minimum absolute atomic E-state index is 0.0304. The van der Waals surface area contributed by atoms with Crippen molar-refractivity contribution in [1.29, 1.82) is 0 Å². The standard InChI is InChI=1S/C15H19N3O2/c19-11-12-4-6-13(7-5-12)18-10-14(16-17-18)15(20)8-2-1-3-9-15/h4-7,10,19-20H,1-3,8-9,11H2. The van der Waals surface area contributed by atoms with E-state index in [1.807, 2.05) is 24.3 Å². The van der Waals surface area contributed by atoms with Crippen LogP contribution in [-0.4, -0.2) is 25.2 Å². The average Bonchev–Trinajstić information content (AvgIpc) is 2.99. The summed E-state index contributed by atoms with van der Waals surface area (Å²) in [6.45, 7) is 0.0304. The first-order valence-corrected chi connectivity index (χ1v) is 7.07. The average molecular weight is 273 g/mol. The molecule has 20 heavy (non-hydrogen) atoms. The minimum Gasteiger partial charge on any atom is -0.392 e. The molecule has 0 saturated heterocycles. The van der Waals surface area contributed by atoms with Crippen LogP contribution in [0.15, 0.2) is 30.5 Å².